The summed E-state index contributed by atoms with van der Waals surface area (Å²) in [4.78, 5) is 29.0. The van der Waals surface area contributed by atoms with Crippen LogP contribution in [0.15, 0.2) is 29.1 Å². The highest BCUT2D eigenvalue weighted by atomic mass is 32.1. The van der Waals surface area contributed by atoms with Gasteiger partial charge >= 0.3 is 5.69 Å². The first kappa shape index (κ1) is 18.9. The Morgan fingerprint density at radius 1 is 1.10 bits per heavy atom. The van der Waals surface area contributed by atoms with Crippen molar-refractivity contribution in [2.75, 3.05) is 14.2 Å². The van der Waals surface area contributed by atoms with Crippen molar-refractivity contribution in [2.45, 2.75) is 13.8 Å². The molecule has 0 aliphatic heterocycles. The molecule has 29 heavy (non-hydrogen) atoms. The molecule has 0 unspecified atom stereocenters. The van der Waals surface area contributed by atoms with Gasteiger partial charge in [-0.05, 0) is 43.2 Å². The average Bonchev–Trinajstić information content (AvgIpc) is 3.17. The van der Waals surface area contributed by atoms with Gasteiger partial charge in [-0.2, -0.15) is 0 Å². The molecule has 4 rings (SSSR count). The molecular weight excluding hydrogens is 394 g/mol. The van der Waals surface area contributed by atoms with Crippen molar-refractivity contribution in [1.29, 1.82) is 0 Å². The first-order valence-electron chi connectivity index (χ1n) is 8.68. The Kier molecular flexibility index (Phi) is 4.46. The van der Waals surface area contributed by atoms with E-state index in [9.17, 15) is 14.9 Å². The molecule has 0 aliphatic carbocycles. The monoisotopic (exact) mass is 411 g/mol. The van der Waals surface area contributed by atoms with E-state index < -0.39 is 4.92 Å². The van der Waals surface area contributed by atoms with Gasteiger partial charge < -0.3 is 9.47 Å². The van der Waals surface area contributed by atoms with Crippen molar-refractivity contribution in [3.05, 3.63) is 66.0 Å². The Balaban J connectivity index is 1.99. The molecule has 0 saturated heterocycles. The Morgan fingerprint density at radius 2 is 1.79 bits per heavy atom. The van der Waals surface area contributed by atoms with Gasteiger partial charge in [-0.3, -0.25) is 14.9 Å². The number of aryl methyl sites for hydroxylation is 2. The summed E-state index contributed by atoms with van der Waals surface area (Å²) in [6, 6.07) is 6.68. The van der Waals surface area contributed by atoms with Gasteiger partial charge in [-0.1, -0.05) is 11.3 Å². The number of ether oxygens (including phenoxy) is 2. The smallest absolute Gasteiger partial charge is 0.311 e. The number of aromatic nitrogens is 2. The second-order valence-corrected chi connectivity index (χ2v) is 7.60. The molecule has 9 heteroatoms. The number of imidazole rings is 1. The summed E-state index contributed by atoms with van der Waals surface area (Å²) in [7, 11) is 2.81. The Hall–Kier alpha value is -3.46. The van der Waals surface area contributed by atoms with Gasteiger partial charge in [0.15, 0.2) is 4.96 Å². The number of nitro benzene ring substituents is 1. The van der Waals surface area contributed by atoms with Crippen LogP contribution in [0.25, 0.3) is 22.1 Å². The van der Waals surface area contributed by atoms with Crippen LogP contribution in [0.3, 0.4) is 0 Å². The lowest BCUT2D eigenvalue weighted by Crippen LogP contribution is -2.22. The van der Waals surface area contributed by atoms with Gasteiger partial charge in [0.05, 0.1) is 34.7 Å². The average molecular weight is 411 g/mol. The fourth-order valence-electron chi connectivity index (χ4n) is 3.22. The number of methoxy groups -OCH3 is 2. The number of benzene rings is 2. The minimum atomic E-state index is -0.534. The van der Waals surface area contributed by atoms with Crippen molar-refractivity contribution in [3.8, 4) is 11.5 Å². The third kappa shape index (κ3) is 2.99. The third-order valence-electron chi connectivity index (χ3n) is 4.87. The quantitative estimate of drug-likeness (QED) is 0.378. The summed E-state index contributed by atoms with van der Waals surface area (Å²) < 4.78 is 12.4. The highest BCUT2D eigenvalue weighted by Gasteiger charge is 2.19. The molecule has 0 atom stereocenters. The first-order chi connectivity index (χ1) is 13.8. The van der Waals surface area contributed by atoms with Gasteiger partial charge in [0.1, 0.15) is 5.75 Å². The predicted octanol–water partition coefficient (Wildman–Crippen LogP) is 3.00. The fraction of sp³-hybridized carbons (Fsp3) is 0.200. The van der Waals surface area contributed by atoms with E-state index in [-0.39, 0.29) is 17.0 Å². The van der Waals surface area contributed by atoms with Crippen molar-refractivity contribution >= 4 is 39.1 Å². The van der Waals surface area contributed by atoms with Gasteiger partial charge in [-0.25, -0.2) is 9.38 Å². The molecule has 0 saturated carbocycles. The number of nitro groups is 1. The van der Waals surface area contributed by atoms with Crippen molar-refractivity contribution in [1.82, 2.24) is 9.38 Å². The summed E-state index contributed by atoms with van der Waals surface area (Å²) in [6.07, 6.45) is 1.58. The maximum atomic E-state index is 13.0. The van der Waals surface area contributed by atoms with Crippen LogP contribution in [-0.4, -0.2) is 28.5 Å². The molecular formula is C20H17N3O5S. The van der Waals surface area contributed by atoms with E-state index >= 15 is 0 Å². The summed E-state index contributed by atoms with van der Waals surface area (Å²) in [5.74, 6) is 0.457. The topological polar surface area (TPSA) is 96.0 Å². The van der Waals surface area contributed by atoms with Crippen LogP contribution < -0.4 is 19.6 Å². The molecule has 0 amide bonds. The molecule has 2 aromatic heterocycles. The van der Waals surface area contributed by atoms with Crippen LogP contribution >= 0.6 is 11.3 Å². The highest BCUT2D eigenvalue weighted by Crippen LogP contribution is 2.34. The zero-order valence-electron chi connectivity index (χ0n) is 16.2. The highest BCUT2D eigenvalue weighted by molar-refractivity contribution is 7.15. The zero-order chi connectivity index (χ0) is 20.9. The van der Waals surface area contributed by atoms with E-state index in [0.717, 1.165) is 22.2 Å². The van der Waals surface area contributed by atoms with Gasteiger partial charge in [-0.15, -0.1) is 0 Å². The molecule has 2 aromatic carbocycles. The zero-order valence-corrected chi connectivity index (χ0v) is 17.0. The molecule has 0 fully saturated rings. The van der Waals surface area contributed by atoms with Gasteiger partial charge in [0, 0.05) is 17.7 Å². The Morgan fingerprint density at radius 3 is 2.45 bits per heavy atom. The van der Waals surface area contributed by atoms with E-state index in [1.165, 1.54) is 37.7 Å². The molecule has 0 bridgehead atoms. The summed E-state index contributed by atoms with van der Waals surface area (Å²) >= 11 is 1.23. The van der Waals surface area contributed by atoms with Crippen molar-refractivity contribution in [3.63, 3.8) is 0 Å². The minimum Gasteiger partial charge on any atom is -0.496 e. The Labute approximate surface area is 168 Å². The third-order valence-corrected chi connectivity index (χ3v) is 5.84. The normalized spacial score (nSPS) is 12.1. The second kappa shape index (κ2) is 6.85. The van der Waals surface area contributed by atoms with E-state index in [1.807, 2.05) is 26.0 Å². The number of fused-ring (bicyclic) bond motifs is 3. The molecule has 4 aromatic rings. The molecule has 0 aliphatic rings. The molecule has 0 N–H and O–H groups in total. The van der Waals surface area contributed by atoms with Crippen LogP contribution in [0.1, 0.15) is 16.7 Å². The summed E-state index contributed by atoms with van der Waals surface area (Å²) in [5, 5.41) is 11.4. The maximum absolute atomic E-state index is 13.0. The number of nitrogens with zero attached hydrogens (tertiary/aromatic N) is 3. The summed E-state index contributed by atoms with van der Waals surface area (Å²) in [5.41, 5.74) is 3.68. The van der Waals surface area contributed by atoms with E-state index in [2.05, 4.69) is 4.98 Å². The molecule has 0 spiro atoms. The predicted molar refractivity (Wildman–Crippen MR) is 111 cm³/mol. The fourth-order valence-corrected chi connectivity index (χ4v) is 4.20. The van der Waals surface area contributed by atoms with E-state index in [1.54, 1.807) is 10.5 Å². The number of thiazole rings is 1. The largest absolute Gasteiger partial charge is 0.496 e. The van der Waals surface area contributed by atoms with Crippen LogP contribution in [0, 0.1) is 24.0 Å². The van der Waals surface area contributed by atoms with Gasteiger partial charge in [0.25, 0.3) is 5.56 Å². The van der Waals surface area contributed by atoms with Crippen LogP contribution in [-0.2, 0) is 0 Å². The summed E-state index contributed by atoms with van der Waals surface area (Å²) in [6.45, 7) is 3.99. The van der Waals surface area contributed by atoms with Crippen molar-refractivity contribution in [2.24, 2.45) is 0 Å². The molecule has 8 nitrogen and oxygen atoms in total. The number of hydrogen-bond acceptors (Lipinski definition) is 7. The van der Waals surface area contributed by atoms with Crippen LogP contribution in [0.5, 0.6) is 11.5 Å². The molecule has 148 valence electrons. The Bertz CT molecular complexity index is 1400. The standard InChI is InChI=1S/C20H17N3O5S/c1-10-5-13-14(6-11(10)2)22-19(24)18(29-20(22)21-13)8-12-7-15(23(25)26)17(28-4)9-16(12)27-3/h5-9H,1-4H3/b18-8-. The van der Waals surface area contributed by atoms with Crippen LogP contribution in [0.2, 0.25) is 0 Å². The second-order valence-electron chi connectivity index (χ2n) is 6.59. The SMILES string of the molecule is COc1cc(OC)c([N+](=O)[O-])cc1/C=c1\sc2nc3cc(C)c(C)cc3n2c1=O. The molecule has 0 radical (unpaired) electrons. The maximum Gasteiger partial charge on any atom is 0.311 e. The van der Waals surface area contributed by atoms with Crippen LogP contribution in [0.4, 0.5) is 5.69 Å². The lowest BCUT2D eigenvalue weighted by atomic mass is 10.1. The van der Waals surface area contributed by atoms with E-state index in [4.69, 9.17) is 9.47 Å². The van der Waals surface area contributed by atoms with E-state index in [0.29, 0.717) is 20.8 Å². The minimum absolute atomic E-state index is 0.0872. The number of hydrogen-bond donors (Lipinski definition) is 0. The lowest BCUT2D eigenvalue weighted by molar-refractivity contribution is -0.385. The number of rotatable bonds is 4. The first-order valence-corrected chi connectivity index (χ1v) is 9.50. The lowest BCUT2D eigenvalue weighted by Gasteiger charge is -2.08. The van der Waals surface area contributed by atoms with Crippen molar-refractivity contribution < 1.29 is 14.4 Å². The molecule has 2 heterocycles. The van der Waals surface area contributed by atoms with Gasteiger partial charge in [0.2, 0.25) is 5.75 Å².